The number of alkyl halides is 3. The van der Waals surface area contributed by atoms with E-state index >= 15 is 0 Å². The molecule has 0 bridgehead atoms. The maximum Gasteiger partial charge on any atom is 0.573 e. The van der Waals surface area contributed by atoms with E-state index in [1.165, 1.54) is 17.0 Å². The first-order valence-corrected chi connectivity index (χ1v) is 6.40. The number of amides is 2. The molecular weight excluding hydrogens is 289 g/mol. The molecule has 0 aliphatic carbocycles. The molecule has 1 fully saturated rings. The van der Waals surface area contributed by atoms with Gasteiger partial charge in [0.25, 0.3) is 0 Å². The number of aliphatic hydroxyl groups is 1. The van der Waals surface area contributed by atoms with Gasteiger partial charge in [0.05, 0.1) is 0 Å². The highest BCUT2D eigenvalue weighted by molar-refractivity contribution is 5.89. The van der Waals surface area contributed by atoms with Crippen molar-refractivity contribution >= 4 is 11.7 Å². The third kappa shape index (κ3) is 4.52. The van der Waals surface area contributed by atoms with Gasteiger partial charge in [-0.15, -0.1) is 13.2 Å². The molecule has 8 heteroatoms. The molecule has 1 saturated heterocycles. The lowest BCUT2D eigenvalue weighted by Gasteiger charge is -2.17. The van der Waals surface area contributed by atoms with Gasteiger partial charge in [-0.25, -0.2) is 4.79 Å². The predicted octanol–water partition coefficient (Wildman–Crippen LogP) is 2.43. The van der Waals surface area contributed by atoms with Gasteiger partial charge in [0, 0.05) is 37.4 Å². The van der Waals surface area contributed by atoms with Crippen LogP contribution >= 0.6 is 0 Å². The summed E-state index contributed by atoms with van der Waals surface area (Å²) in [6.45, 7) is 0.954. The van der Waals surface area contributed by atoms with Crippen LogP contribution in [0.1, 0.15) is 6.42 Å². The molecule has 0 saturated carbocycles. The maximum absolute atomic E-state index is 12.1. The van der Waals surface area contributed by atoms with Gasteiger partial charge < -0.3 is 20.1 Å². The molecule has 0 aromatic heterocycles. The molecule has 2 rings (SSSR count). The Morgan fingerprint density at radius 3 is 2.86 bits per heavy atom. The number of rotatable bonds is 3. The minimum atomic E-state index is -4.77. The smallest absolute Gasteiger partial charge is 0.406 e. The first kappa shape index (κ1) is 15.4. The van der Waals surface area contributed by atoms with Gasteiger partial charge in [-0.1, -0.05) is 6.07 Å². The standard InChI is InChI=1S/C13H15F3N2O3/c14-13(15,16)21-11-3-1-2-10(6-11)17-12(20)18-5-4-9(7-18)8-19/h1-3,6,9,19H,4-5,7-8H2,(H,17,20). The molecule has 0 spiro atoms. The first-order chi connectivity index (χ1) is 9.87. The van der Waals surface area contributed by atoms with E-state index in [2.05, 4.69) is 10.1 Å². The molecular formula is C13H15F3N2O3. The Labute approximate surface area is 119 Å². The van der Waals surface area contributed by atoms with E-state index in [1.807, 2.05) is 0 Å². The van der Waals surface area contributed by atoms with Crippen molar-refractivity contribution in [1.29, 1.82) is 0 Å². The number of urea groups is 1. The van der Waals surface area contributed by atoms with E-state index in [4.69, 9.17) is 5.11 Å². The summed E-state index contributed by atoms with van der Waals surface area (Å²) in [6.07, 6.45) is -4.06. The highest BCUT2D eigenvalue weighted by Crippen LogP contribution is 2.25. The van der Waals surface area contributed by atoms with E-state index in [0.717, 1.165) is 12.1 Å². The minimum absolute atomic E-state index is 0.0126. The Kier molecular flexibility index (Phi) is 4.56. The third-order valence-electron chi connectivity index (χ3n) is 3.15. The number of ether oxygens (including phenoxy) is 1. The van der Waals surface area contributed by atoms with Crippen molar-refractivity contribution in [3.63, 3.8) is 0 Å². The van der Waals surface area contributed by atoms with Crippen molar-refractivity contribution in [2.75, 3.05) is 25.0 Å². The Balaban J connectivity index is 1.96. The molecule has 1 aromatic rings. The maximum atomic E-state index is 12.1. The lowest BCUT2D eigenvalue weighted by molar-refractivity contribution is -0.274. The van der Waals surface area contributed by atoms with E-state index in [0.29, 0.717) is 19.5 Å². The number of hydrogen-bond acceptors (Lipinski definition) is 3. The number of likely N-dealkylation sites (tertiary alicyclic amines) is 1. The number of anilines is 1. The summed E-state index contributed by atoms with van der Waals surface area (Å²) in [6, 6.07) is 4.68. The van der Waals surface area contributed by atoms with Crippen LogP contribution in [0.5, 0.6) is 5.75 Å². The Morgan fingerprint density at radius 1 is 1.48 bits per heavy atom. The summed E-state index contributed by atoms with van der Waals surface area (Å²) in [7, 11) is 0. The first-order valence-electron chi connectivity index (χ1n) is 6.40. The van der Waals surface area contributed by atoms with Crippen LogP contribution < -0.4 is 10.1 Å². The fraction of sp³-hybridized carbons (Fsp3) is 0.462. The largest absolute Gasteiger partial charge is 0.573 e. The summed E-state index contributed by atoms with van der Waals surface area (Å²) in [5.41, 5.74) is 0.217. The molecule has 2 N–H and O–H groups in total. The second kappa shape index (κ2) is 6.21. The van der Waals surface area contributed by atoms with Crippen molar-refractivity contribution < 1.29 is 27.8 Å². The number of aliphatic hydroxyl groups excluding tert-OH is 1. The fourth-order valence-corrected chi connectivity index (χ4v) is 2.14. The molecule has 1 aliphatic heterocycles. The van der Waals surface area contributed by atoms with Crippen LogP contribution in [0, 0.1) is 5.92 Å². The zero-order valence-electron chi connectivity index (χ0n) is 11.1. The average molecular weight is 304 g/mol. The van der Waals surface area contributed by atoms with Crippen LogP contribution in [-0.4, -0.2) is 42.1 Å². The zero-order valence-corrected chi connectivity index (χ0v) is 11.1. The molecule has 2 amide bonds. The quantitative estimate of drug-likeness (QED) is 0.901. The predicted molar refractivity (Wildman–Crippen MR) is 68.9 cm³/mol. The summed E-state index contributed by atoms with van der Waals surface area (Å²) in [4.78, 5) is 13.5. The van der Waals surface area contributed by atoms with Crippen LogP contribution in [-0.2, 0) is 0 Å². The van der Waals surface area contributed by atoms with Crippen LogP contribution in [0.4, 0.5) is 23.7 Å². The van der Waals surface area contributed by atoms with E-state index in [1.54, 1.807) is 0 Å². The molecule has 116 valence electrons. The average Bonchev–Trinajstić information content (AvgIpc) is 2.85. The topological polar surface area (TPSA) is 61.8 Å². The van der Waals surface area contributed by atoms with Gasteiger partial charge in [-0.05, 0) is 18.6 Å². The van der Waals surface area contributed by atoms with Crippen LogP contribution in [0.3, 0.4) is 0 Å². The molecule has 1 aromatic carbocycles. The molecule has 21 heavy (non-hydrogen) atoms. The summed E-state index contributed by atoms with van der Waals surface area (Å²) in [5, 5.41) is 11.5. The Bertz CT molecular complexity index is 508. The number of nitrogens with one attached hydrogen (secondary N) is 1. The summed E-state index contributed by atoms with van der Waals surface area (Å²) >= 11 is 0. The van der Waals surface area contributed by atoms with Crippen molar-refractivity contribution in [3.05, 3.63) is 24.3 Å². The fourth-order valence-electron chi connectivity index (χ4n) is 2.14. The lowest BCUT2D eigenvalue weighted by Crippen LogP contribution is -2.33. The van der Waals surface area contributed by atoms with E-state index in [-0.39, 0.29) is 18.2 Å². The number of nitrogens with zero attached hydrogens (tertiary/aromatic N) is 1. The van der Waals surface area contributed by atoms with Gasteiger partial charge in [-0.2, -0.15) is 0 Å². The van der Waals surface area contributed by atoms with Gasteiger partial charge in [0.15, 0.2) is 0 Å². The van der Waals surface area contributed by atoms with Crippen LogP contribution in [0.2, 0.25) is 0 Å². The number of benzene rings is 1. The number of carbonyl (C=O) groups excluding carboxylic acids is 1. The highest BCUT2D eigenvalue weighted by atomic mass is 19.4. The Morgan fingerprint density at radius 2 is 2.24 bits per heavy atom. The second-order valence-corrected chi connectivity index (χ2v) is 4.79. The number of carbonyl (C=O) groups is 1. The molecule has 1 aliphatic rings. The van der Waals surface area contributed by atoms with Gasteiger partial charge in [-0.3, -0.25) is 0 Å². The third-order valence-corrected chi connectivity index (χ3v) is 3.15. The van der Waals surface area contributed by atoms with Crippen LogP contribution in [0.25, 0.3) is 0 Å². The molecule has 1 heterocycles. The molecule has 1 unspecified atom stereocenters. The van der Waals surface area contributed by atoms with Gasteiger partial charge in [0.1, 0.15) is 5.75 Å². The number of halogens is 3. The summed E-state index contributed by atoms with van der Waals surface area (Å²) in [5.74, 6) is -0.342. The Hall–Kier alpha value is -1.96. The lowest BCUT2D eigenvalue weighted by atomic mass is 10.1. The van der Waals surface area contributed by atoms with E-state index in [9.17, 15) is 18.0 Å². The van der Waals surface area contributed by atoms with Gasteiger partial charge in [0.2, 0.25) is 0 Å². The zero-order chi connectivity index (χ0) is 15.5. The monoisotopic (exact) mass is 304 g/mol. The molecule has 0 radical (unpaired) electrons. The number of hydrogen-bond donors (Lipinski definition) is 2. The SMILES string of the molecule is O=C(Nc1cccc(OC(F)(F)F)c1)N1CCC(CO)C1. The van der Waals surface area contributed by atoms with Gasteiger partial charge >= 0.3 is 12.4 Å². The highest BCUT2D eigenvalue weighted by Gasteiger charge is 2.31. The minimum Gasteiger partial charge on any atom is -0.406 e. The molecule has 5 nitrogen and oxygen atoms in total. The van der Waals surface area contributed by atoms with Crippen molar-refractivity contribution in [1.82, 2.24) is 4.90 Å². The normalized spacial score (nSPS) is 18.7. The van der Waals surface area contributed by atoms with Crippen molar-refractivity contribution in [2.45, 2.75) is 12.8 Å². The summed E-state index contributed by atoms with van der Waals surface area (Å²) < 4.78 is 40.2. The van der Waals surface area contributed by atoms with Crippen molar-refractivity contribution in [3.8, 4) is 5.75 Å². The van der Waals surface area contributed by atoms with Crippen LogP contribution in [0.15, 0.2) is 24.3 Å². The second-order valence-electron chi connectivity index (χ2n) is 4.79. The molecule has 1 atom stereocenters. The van der Waals surface area contributed by atoms with E-state index < -0.39 is 18.1 Å². The van der Waals surface area contributed by atoms with Crippen molar-refractivity contribution in [2.24, 2.45) is 5.92 Å².